The van der Waals surface area contributed by atoms with Crippen LogP contribution in [0.15, 0.2) is 18.2 Å². The second-order valence-electron chi connectivity index (χ2n) is 2.46. The highest BCUT2D eigenvalue weighted by Crippen LogP contribution is 2.38. The Hall–Kier alpha value is -1.29. The third kappa shape index (κ3) is 0.921. The summed E-state index contributed by atoms with van der Waals surface area (Å²) >= 11 is 1.25. The van der Waals surface area contributed by atoms with Crippen LogP contribution in [0, 0.1) is 5.82 Å². The summed E-state index contributed by atoms with van der Waals surface area (Å²) in [6.45, 7) is 0. The summed E-state index contributed by atoms with van der Waals surface area (Å²) in [6, 6.07) is 4.22. The molecule has 0 atom stereocenters. The maximum Gasteiger partial charge on any atom is 0.157 e. The van der Waals surface area contributed by atoms with Crippen molar-refractivity contribution in [3.8, 4) is 5.75 Å². The third-order valence-electron chi connectivity index (χ3n) is 1.65. The Kier molecular flexibility index (Phi) is 1.44. The smallest absolute Gasteiger partial charge is 0.157 e. The molecule has 4 heteroatoms. The van der Waals surface area contributed by atoms with Gasteiger partial charge in [0.25, 0.3) is 0 Å². The van der Waals surface area contributed by atoms with Gasteiger partial charge >= 0.3 is 0 Å². The summed E-state index contributed by atoms with van der Waals surface area (Å²) in [4.78, 5) is 0. The summed E-state index contributed by atoms with van der Waals surface area (Å²) in [5.74, 6) is -0.384. The molecule has 3 N–H and O–H groups in total. The monoisotopic (exact) mass is 183 g/mol. The van der Waals surface area contributed by atoms with Crippen molar-refractivity contribution in [2.24, 2.45) is 0 Å². The molecule has 2 aromatic rings. The normalized spacial score (nSPS) is 10.8. The number of thiophene rings is 1. The van der Waals surface area contributed by atoms with Gasteiger partial charge in [-0.15, -0.1) is 11.3 Å². The molecular formula is C8H6FNOS. The summed E-state index contributed by atoms with van der Waals surface area (Å²) in [5.41, 5.74) is 5.45. The summed E-state index contributed by atoms with van der Waals surface area (Å²) in [5, 5.41) is 10.2. The Morgan fingerprint density at radius 3 is 2.92 bits per heavy atom. The molecule has 0 radical (unpaired) electrons. The molecule has 2 nitrogen and oxygen atoms in total. The van der Waals surface area contributed by atoms with E-state index in [0.29, 0.717) is 10.4 Å². The highest BCUT2D eigenvalue weighted by atomic mass is 32.1. The fraction of sp³-hybridized carbons (Fsp3) is 0. The molecule has 0 bridgehead atoms. The van der Waals surface area contributed by atoms with E-state index in [1.165, 1.54) is 23.5 Å². The number of nitrogen functional groups attached to an aromatic ring is 1. The van der Waals surface area contributed by atoms with Gasteiger partial charge in [0.15, 0.2) is 5.75 Å². The molecule has 0 saturated heterocycles. The summed E-state index contributed by atoms with van der Waals surface area (Å²) in [6.07, 6.45) is 0. The molecular weight excluding hydrogens is 177 g/mol. The second-order valence-corrected chi connectivity index (χ2v) is 3.54. The zero-order valence-corrected chi connectivity index (χ0v) is 6.86. The van der Waals surface area contributed by atoms with Crippen molar-refractivity contribution in [3.63, 3.8) is 0 Å². The average molecular weight is 183 g/mol. The van der Waals surface area contributed by atoms with Crippen LogP contribution >= 0.6 is 11.3 Å². The fourth-order valence-corrected chi connectivity index (χ4v) is 1.92. The van der Waals surface area contributed by atoms with E-state index in [9.17, 15) is 9.50 Å². The Labute approximate surface area is 72.1 Å². The van der Waals surface area contributed by atoms with Crippen LogP contribution in [0.4, 0.5) is 9.39 Å². The van der Waals surface area contributed by atoms with Gasteiger partial charge in [0, 0.05) is 10.1 Å². The number of aromatic hydroxyl groups is 1. The quantitative estimate of drug-likeness (QED) is 0.658. The van der Waals surface area contributed by atoms with Crippen molar-refractivity contribution < 1.29 is 9.50 Å². The Morgan fingerprint density at radius 1 is 1.42 bits per heavy atom. The molecule has 1 heterocycles. The lowest BCUT2D eigenvalue weighted by atomic mass is 10.2. The Bertz CT molecular complexity index is 438. The van der Waals surface area contributed by atoms with Crippen molar-refractivity contribution in [1.29, 1.82) is 0 Å². The van der Waals surface area contributed by atoms with E-state index in [1.54, 1.807) is 6.07 Å². The van der Waals surface area contributed by atoms with E-state index in [0.717, 1.165) is 4.70 Å². The number of halogens is 1. The van der Waals surface area contributed by atoms with E-state index < -0.39 is 0 Å². The number of nitrogens with two attached hydrogens (primary N) is 1. The first-order chi connectivity index (χ1) is 5.68. The molecule has 0 aliphatic rings. The van der Waals surface area contributed by atoms with Crippen LogP contribution in [0.5, 0.6) is 5.75 Å². The SMILES string of the molecule is Nc1sc2ccc(F)cc2c1O. The molecule has 0 aliphatic carbocycles. The van der Waals surface area contributed by atoms with Gasteiger partial charge in [-0.1, -0.05) is 0 Å². The fourth-order valence-electron chi connectivity index (χ4n) is 1.08. The minimum absolute atomic E-state index is 0.0190. The topological polar surface area (TPSA) is 46.2 Å². The highest BCUT2D eigenvalue weighted by molar-refractivity contribution is 7.23. The Morgan fingerprint density at radius 2 is 2.17 bits per heavy atom. The number of rotatable bonds is 0. The maximum absolute atomic E-state index is 12.7. The van der Waals surface area contributed by atoms with E-state index in [1.807, 2.05) is 0 Å². The first-order valence-electron chi connectivity index (χ1n) is 3.35. The van der Waals surface area contributed by atoms with Crippen molar-refractivity contribution >= 4 is 26.4 Å². The lowest BCUT2D eigenvalue weighted by Crippen LogP contribution is -1.76. The molecule has 0 unspecified atom stereocenters. The third-order valence-corrected chi connectivity index (χ3v) is 2.64. The van der Waals surface area contributed by atoms with Crippen LogP contribution in [-0.4, -0.2) is 5.11 Å². The molecule has 1 aromatic heterocycles. The van der Waals surface area contributed by atoms with Gasteiger partial charge in [0.1, 0.15) is 10.8 Å². The minimum Gasteiger partial charge on any atom is -0.504 e. The molecule has 1 aromatic carbocycles. The summed E-state index contributed by atoms with van der Waals surface area (Å²) in [7, 11) is 0. The van der Waals surface area contributed by atoms with E-state index >= 15 is 0 Å². The Balaban J connectivity index is 2.88. The second kappa shape index (κ2) is 2.35. The van der Waals surface area contributed by atoms with Crippen LogP contribution < -0.4 is 5.73 Å². The average Bonchev–Trinajstić information content (AvgIpc) is 2.31. The minimum atomic E-state index is -0.365. The summed E-state index contributed by atoms with van der Waals surface area (Å²) < 4.78 is 13.5. The van der Waals surface area contributed by atoms with Gasteiger partial charge in [-0.2, -0.15) is 0 Å². The molecule has 0 amide bonds. The lowest BCUT2D eigenvalue weighted by molar-refractivity contribution is 0.485. The van der Waals surface area contributed by atoms with Crippen molar-refractivity contribution in [3.05, 3.63) is 24.0 Å². The van der Waals surface area contributed by atoms with Gasteiger partial charge in [-0.05, 0) is 18.2 Å². The van der Waals surface area contributed by atoms with Gasteiger partial charge in [-0.25, -0.2) is 4.39 Å². The van der Waals surface area contributed by atoms with Crippen molar-refractivity contribution in [2.45, 2.75) is 0 Å². The van der Waals surface area contributed by atoms with Crippen LogP contribution in [-0.2, 0) is 0 Å². The number of hydrogen-bond donors (Lipinski definition) is 2. The van der Waals surface area contributed by atoms with Crippen molar-refractivity contribution in [2.75, 3.05) is 5.73 Å². The number of fused-ring (bicyclic) bond motifs is 1. The lowest BCUT2D eigenvalue weighted by Gasteiger charge is -1.90. The number of anilines is 1. The van der Waals surface area contributed by atoms with Crippen LogP contribution in [0.3, 0.4) is 0 Å². The van der Waals surface area contributed by atoms with Crippen LogP contribution in [0.2, 0.25) is 0 Å². The number of hydrogen-bond acceptors (Lipinski definition) is 3. The van der Waals surface area contributed by atoms with Crippen LogP contribution in [0.25, 0.3) is 10.1 Å². The molecule has 12 heavy (non-hydrogen) atoms. The zero-order valence-electron chi connectivity index (χ0n) is 6.04. The van der Waals surface area contributed by atoms with E-state index in [2.05, 4.69) is 0 Å². The molecule has 62 valence electrons. The maximum atomic E-state index is 12.7. The van der Waals surface area contributed by atoms with Gasteiger partial charge in [-0.3, -0.25) is 0 Å². The van der Waals surface area contributed by atoms with Crippen LogP contribution in [0.1, 0.15) is 0 Å². The van der Waals surface area contributed by atoms with E-state index in [-0.39, 0.29) is 11.6 Å². The highest BCUT2D eigenvalue weighted by Gasteiger charge is 2.08. The first-order valence-corrected chi connectivity index (χ1v) is 4.16. The number of benzene rings is 1. The van der Waals surface area contributed by atoms with Crippen molar-refractivity contribution in [1.82, 2.24) is 0 Å². The largest absolute Gasteiger partial charge is 0.504 e. The predicted molar refractivity (Wildman–Crippen MR) is 47.9 cm³/mol. The van der Waals surface area contributed by atoms with E-state index in [4.69, 9.17) is 5.73 Å². The van der Waals surface area contributed by atoms with Gasteiger partial charge in [0.2, 0.25) is 0 Å². The molecule has 0 fully saturated rings. The predicted octanol–water partition coefficient (Wildman–Crippen LogP) is 2.33. The van der Waals surface area contributed by atoms with Gasteiger partial charge in [0.05, 0.1) is 0 Å². The molecule has 0 saturated carbocycles. The standard InChI is InChI=1S/C8H6FNOS/c9-4-1-2-6-5(3-4)7(11)8(10)12-6/h1-3,11H,10H2. The van der Waals surface area contributed by atoms with Gasteiger partial charge < -0.3 is 10.8 Å². The first kappa shape index (κ1) is 7.36. The molecule has 2 rings (SSSR count). The molecule has 0 aliphatic heterocycles. The molecule has 0 spiro atoms. The zero-order chi connectivity index (χ0) is 8.72.